The first-order chi connectivity index (χ1) is 16.1. The SMILES string of the molecule is CCNC(=NCC(=O)N1CCc2ccccc2C1)NCCN1C(=O)C2C3C=CC(C3)C2C1=O.I. The third kappa shape index (κ3) is 4.58. The van der Waals surface area contributed by atoms with Gasteiger partial charge in [0.05, 0.1) is 11.8 Å². The van der Waals surface area contributed by atoms with Crippen molar-refractivity contribution < 1.29 is 14.4 Å². The summed E-state index contributed by atoms with van der Waals surface area (Å²) in [6.07, 6.45) is 6.01. The highest BCUT2D eigenvalue weighted by Gasteiger charge is 2.58. The van der Waals surface area contributed by atoms with Crippen LogP contribution in [0.2, 0.25) is 0 Å². The van der Waals surface area contributed by atoms with Gasteiger partial charge in [0, 0.05) is 32.7 Å². The van der Waals surface area contributed by atoms with Crippen molar-refractivity contribution in [2.45, 2.75) is 26.3 Å². The Bertz CT molecular complexity index is 996. The van der Waals surface area contributed by atoms with E-state index in [1.165, 1.54) is 16.0 Å². The Labute approximate surface area is 217 Å². The largest absolute Gasteiger partial charge is 0.357 e. The molecule has 5 rings (SSSR count). The van der Waals surface area contributed by atoms with Gasteiger partial charge in [-0.15, -0.1) is 24.0 Å². The van der Waals surface area contributed by atoms with Crippen LogP contribution < -0.4 is 10.6 Å². The summed E-state index contributed by atoms with van der Waals surface area (Å²) in [4.78, 5) is 46.1. The van der Waals surface area contributed by atoms with Crippen molar-refractivity contribution >= 4 is 47.7 Å². The van der Waals surface area contributed by atoms with Crippen LogP contribution in [0.15, 0.2) is 41.4 Å². The van der Waals surface area contributed by atoms with Gasteiger partial charge in [-0.2, -0.15) is 0 Å². The lowest BCUT2D eigenvalue weighted by Gasteiger charge is -2.28. The Kier molecular flexibility index (Phi) is 7.59. The number of hydrogen-bond acceptors (Lipinski definition) is 4. The molecule has 3 amide bonds. The van der Waals surface area contributed by atoms with E-state index < -0.39 is 0 Å². The van der Waals surface area contributed by atoms with Crippen LogP contribution in [-0.4, -0.2) is 66.2 Å². The number of guanidine groups is 1. The van der Waals surface area contributed by atoms with Gasteiger partial charge in [0.15, 0.2) is 5.96 Å². The summed E-state index contributed by atoms with van der Waals surface area (Å²) in [6, 6.07) is 8.22. The molecule has 1 saturated heterocycles. The molecule has 0 radical (unpaired) electrons. The highest BCUT2D eigenvalue weighted by atomic mass is 127. The molecule has 4 unspecified atom stereocenters. The molecule has 1 aromatic rings. The van der Waals surface area contributed by atoms with Crippen molar-refractivity contribution in [3.05, 3.63) is 47.5 Å². The van der Waals surface area contributed by atoms with Crippen LogP contribution in [0.4, 0.5) is 0 Å². The average Bonchev–Trinajstić information content (AvgIpc) is 3.51. The molecule has 4 aliphatic rings. The van der Waals surface area contributed by atoms with Gasteiger partial charge < -0.3 is 15.5 Å². The average molecular weight is 577 g/mol. The van der Waals surface area contributed by atoms with Crippen molar-refractivity contribution in [3.8, 4) is 0 Å². The second-order valence-corrected chi connectivity index (χ2v) is 9.28. The molecule has 8 nitrogen and oxygen atoms in total. The number of imide groups is 1. The molecule has 0 aromatic heterocycles. The number of nitrogens with one attached hydrogen (secondary N) is 2. The second kappa shape index (κ2) is 10.5. The minimum Gasteiger partial charge on any atom is -0.357 e. The fourth-order valence-electron chi connectivity index (χ4n) is 5.77. The number of amides is 3. The number of allylic oxidation sites excluding steroid dienone is 2. The Hall–Kier alpha value is -2.43. The highest BCUT2D eigenvalue weighted by Crippen LogP contribution is 2.52. The summed E-state index contributed by atoms with van der Waals surface area (Å²) < 4.78 is 0. The fourth-order valence-corrected chi connectivity index (χ4v) is 5.77. The van der Waals surface area contributed by atoms with E-state index in [-0.39, 0.29) is 71.9 Å². The topological polar surface area (TPSA) is 94.1 Å². The van der Waals surface area contributed by atoms with Gasteiger partial charge in [-0.05, 0) is 42.7 Å². The number of nitrogens with zero attached hydrogens (tertiary/aromatic N) is 3. The van der Waals surface area contributed by atoms with E-state index >= 15 is 0 Å². The lowest BCUT2D eigenvalue weighted by molar-refractivity contribution is -0.140. The van der Waals surface area contributed by atoms with Crippen LogP contribution in [-0.2, 0) is 27.3 Å². The minimum absolute atomic E-state index is 0. The maximum atomic E-state index is 12.8. The van der Waals surface area contributed by atoms with Crippen LogP contribution in [0.25, 0.3) is 0 Å². The van der Waals surface area contributed by atoms with Gasteiger partial charge in [0.2, 0.25) is 17.7 Å². The second-order valence-electron chi connectivity index (χ2n) is 9.28. The first-order valence-electron chi connectivity index (χ1n) is 12.0. The molecule has 2 aliphatic heterocycles. The maximum Gasteiger partial charge on any atom is 0.244 e. The highest BCUT2D eigenvalue weighted by molar-refractivity contribution is 14.0. The van der Waals surface area contributed by atoms with Crippen molar-refractivity contribution in [1.82, 2.24) is 20.4 Å². The zero-order chi connectivity index (χ0) is 22.9. The normalized spacial score (nSPS) is 26.9. The van der Waals surface area contributed by atoms with Crippen LogP contribution >= 0.6 is 24.0 Å². The molecule has 2 bridgehead atoms. The van der Waals surface area contributed by atoms with Crippen molar-refractivity contribution in [1.29, 1.82) is 0 Å². The summed E-state index contributed by atoms with van der Waals surface area (Å²) in [5.41, 5.74) is 2.50. The lowest BCUT2D eigenvalue weighted by Crippen LogP contribution is -2.44. The predicted molar refractivity (Wildman–Crippen MR) is 139 cm³/mol. The van der Waals surface area contributed by atoms with E-state index in [0.717, 1.165) is 12.8 Å². The zero-order valence-electron chi connectivity index (χ0n) is 19.4. The van der Waals surface area contributed by atoms with Crippen LogP contribution in [0.3, 0.4) is 0 Å². The Morgan fingerprint density at radius 3 is 2.41 bits per heavy atom. The number of fused-ring (bicyclic) bond motifs is 6. The number of benzene rings is 1. The number of hydrogen-bond donors (Lipinski definition) is 2. The van der Waals surface area contributed by atoms with Gasteiger partial charge in [-0.25, -0.2) is 4.99 Å². The number of rotatable bonds is 6. The molecular weight excluding hydrogens is 545 g/mol. The van der Waals surface area contributed by atoms with E-state index in [1.54, 1.807) is 0 Å². The van der Waals surface area contributed by atoms with Gasteiger partial charge in [-0.1, -0.05) is 36.4 Å². The molecule has 2 aliphatic carbocycles. The summed E-state index contributed by atoms with van der Waals surface area (Å²) >= 11 is 0. The molecule has 0 spiro atoms. The van der Waals surface area contributed by atoms with Crippen molar-refractivity contribution in [2.75, 3.05) is 32.7 Å². The van der Waals surface area contributed by atoms with Crippen LogP contribution in [0.5, 0.6) is 0 Å². The third-order valence-corrected chi connectivity index (χ3v) is 7.39. The molecule has 2 fully saturated rings. The Morgan fingerprint density at radius 2 is 1.74 bits per heavy atom. The summed E-state index contributed by atoms with van der Waals surface area (Å²) in [5.74, 6) is 0.550. The van der Waals surface area contributed by atoms with Gasteiger partial charge >= 0.3 is 0 Å². The fraction of sp³-hybridized carbons (Fsp3) is 0.520. The molecule has 34 heavy (non-hydrogen) atoms. The maximum absolute atomic E-state index is 12.8. The van der Waals surface area contributed by atoms with E-state index in [4.69, 9.17) is 0 Å². The number of carbonyl (C=O) groups is 3. The summed E-state index contributed by atoms with van der Waals surface area (Å²) in [5, 5.41) is 6.31. The van der Waals surface area contributed by atoms with Crippen molar-refractivity contribution in [2.24, 2.45) is 28.7 Å². The number of likely N-dealkylation sites (tertiary alicyclic amines) is 1. The molecule has 182 valence electrons. The van der Waals surface area contributed by atoms with Gasteiger partial charge in [0.1, 0.15) is 6.54 Å². The molecule has 1 saturated carbocycles. The molecule has 1 aromatic carbocycles. The van der Waals surface area contributed by atoms with Crippen molar-refractivity contribution in [3.63, 3.8) is 0 Å². The zero-order valence-corrected chi connectivity index (χ0v) is 21.7. The smallest absolute Gasteiger partial charge is 0.244 e. The number of halogens is 1. The van der Waals surface area contributed by atoms with Gasteiger partial charge in [-0.3, -0.25) is 19.3 Å². The summed E-state index contributed by atoms with van der Waals surface area (Å²) in [7, 11) is 0. The molecule has 9 heteroatoms. The van der Waals surface area contributed by atoms with Crippen LogP contribution in [0.1, 0.15) is 24.5 Å². The quantitative estimate of drug-likeness (QED) is 0.176. The standard InChI is InChI=1S/C25H31N5O3.HI/c1-2-26-25(28-14-20(31)29-11-9-16-5-3-4-6-19(16)15-29)27-10-12-30-23(32)21-17-7-8-18(13-17)22(21)24(30)33;/h3-8,17-18,21-22H,2,9-15H2,1H3,(H2,26,27,28);1H. The van der Waals surface area contributed by atoms with E-state index in [2.05, 4.69) is 39.9 Å². The van der Waals surface area contributed by atoms with Gasteiger partial charge in [0.25, 0.3) is 0 Å². The third-order valence-electron chi connectivity index (χ3n) is 7.39. The van der Waals surface area contributed by atoms with Crippen LogP contribution in [0, 0.1) is 23.7 Å². The first-order valence-corrected chi connectivity index (χ1v) is 12.0. The van der Waals surface area contributed by atoms with E-state index in [9.17, 15) is 14.4 Å². The monoisotopic (exact) mass is 577 g/mol. The van der Waals surface area contributed by atoms with E-state index in [0.29, 0.717) is 38.7 Å². The number of carbonyl (C=O) groups excluding carboxylic acids is 3. The minimum atomic E-state index is -0.165. The first kappa shape index (κ1) is 24.7. The van der Waals surface area contributed by atoms with E-state index in [1.807, 2.05) is 24.0 Å². The predicted octanol–water partition coefficient (Wildman–Crippen LogP) is 1.55. The Morgan fingerprint density at radius 1 is 1.06 bits per heavy atom. The molecule has 4 atom stereocenters. The number of aliphatic imine (C=N–C) groups is 1. The molecule has 2 N–H and O–H groups in total. The Balaban J connectivity index is 0.00000274. The molecule has 2 heterocycles. The molecular formula is C25H32IN5O3. The summed E-state index contributed by atoms with van der Waals surface area (Å²) in [6.45, 7) is 4.69. The lowest BCUT2D eigenvalue weighted by atomic mass is 9.85.